The maximum Gasteiger partial charge on any atom is 0.0594 e. The standard InChI is InChI=1S/C7H16N2.C7H15NO.C7H15N/c1-7(2)9-5-3-8-4-6-9;1-7(2)8-3-5-9-6-4-8;1-7(2)8-5-3-4-6-8/h7-8H,3-6H2,1-2H3;7H,3-6H2,1-2H3;7H,3-6H2,1-2H3. The fraction of sp³-hybridized carbons (Fsp3) is 1.00. The van der Waals surface area contributed by atoms with E-state index in [1.54, 1.807) is 0 Å². The Kier molecular flexibility index (Phi) is 12.7. The van der Waals surface area contributed by atoms with Gasteiger partial charge in [-0.05, 0) is 67.5 Å². The van der Waals surface area contributed by atoms with Gasteiger partial charge >= 0.3 is 0 Å². The molecule has 0 aromatic carbocycles. The second-order valence-corrected chi connectivity index (χ2v) is 8.46. The summed E-state index contributed by atoms with van der Waals surface area (Å²) in [6.07, 6.45) is 2.83. The van der Waals surface area contributed by atoms with Crippen molar-refractivity contribution in [2.75, 3.05) is 65.6 Å². The number of nitrogens with one attached hydrogen (secondary N) is 1. The lowest BCUT2D eigenvalue weighted by Crippen LogP contribution is -2.46. The van der Waals surface area contributed by atoms with E-state index in [0.29, 0.717) is 6.04 Å². The van der Waals surface area contributed by atoms with Crippen LogP contribution in [0, 0.1) is 0 Å². The van der Waals surface area contributed by atoms with Crippen LogP contribution in [0.2, 0.25) is 0 Å². The molecule has 3 aliphatic heterocycles. The monoisotopic (exact) mass is 370 g/mol. The van der Waals surface area contributed by atoms with Crippen LogP contribution in [0.25, 0.3) is 0 Å². The predicted octanol–water partition coefficient (Wildman–Crippen LogP) is 2.52. The maximum absolute atomic E-state index is 5.21. The fourth-order valence-corrected chi connectivity index (χ4v) is 3.55. The average Bonchev–Trinajstić information content (AvgIpc) is 3.19. The molecule has 0 bridgehead atoms. The SMILES string of the molecule is CC(C)N1CCCC1.CC(C)N1CCNCC1.CC(C)N1CCOCC1. The molecule has 0 unspecified atom stereocenters. The summed E-state index contributed by atoms with van der Waals surface area (Å²) in [6, 6.07) is 2.19. The third-order valence-electron chi connectivity index (χ3n) is 5.53. The summed E-state index contributed by atoms with van der Waals surface area (Å²) in [6.45, 7) is 25.0. The minimum absolute atomic E-state index is 0.689. The molecule has 156 valence electrons. The van der Waals surface area contributed by atoms with E-state index in [0.717, 1.165) is 51.5 Å². The highest BCUT2D eigenvalue weighted by Crippen LogP contribution is 2.10. The van der Waals surface area contributed by atoms with Crippen molar-refractivity contribution in [3.63, 3.8) is 0 Å². The van der Waals surface area contributed by atoms with Crippen LogP contribution >= 0.6 is 0 Å². The summed E-state index contributed by atoms with van der Waals surface area (Å²) < 4.78 is 5.21. The first kappa shape index (κ1) is 23.8. The quantitative estimate of drug-likeness (QED) is 0.825. The van der Waals surface area contributed by atoms with Gasteiger partial charge in [-0.3, -0.25) is 9.80 Å². The normalized spacial score (nSPS) is 23.0. The molecular formula is C21H46N4O. The molecule has 5 nitrogen and oxygen atoms in total. The largest absolute Gasteiger partial charge is 0.379 e. The summed E-state index contributed by atoms with van der Waals surface area (Å²) in [5.41, 5.74) is 0. The Morgan fingerprint density at radius 3 is 1.27 bits per heavy atom. The molecule has 3 aliphatic rings. The van der Waals surface area contributed by atoms with Crippen molar-refractivity contribution in [3.8, 4) is 0 Å². The van der Waals surface area contributed by atoms with Crippen molar-refractivity contribution in [2.24, 2.45) is 0 Å². The van der Waals surface area contributed by atoms with Crippen molar-refractivity contribution in [1.82, 2.24) is 20.0 Å². The summed E-state index contributed by atoms with van der Waals surface area (Å²) in [5.74, 6) is 0. The van der Waals surface area contributed by atoms with Gasteiger partial charge in [0.2, 0.25) is 0 Å². The second-order valence-electron chi connectivity index (χ2n) is 8.46. The van der Waals surface area contributed by atoms with Crippen LogP contribution in [0.15, 0.2) is 0 Å². The minimum atomic E-state index is 0.689. The van der Waals surface area contributed by atoms with E-state index >= 15 is 0 Å². The number of likely N-dealkylation sites (tertiary alicyclic amines) is 1. The van der Waals surface area contributed by atoms with Crippen LogP contribution in [-0.4, -0.2) is 98.4 Å². The lowest BCUT2D eigenvalue weighted by atomic mass is 10.3. The van der Waals surface area contributed by atoms with Gasteiger partial charge in [-0.15, -0.1) is 0 Å². The smallest absolute Gasteiger partial charge is 0.0594 e. The van der Waals surface area contributed by atoms with Crippen LogP contribution in [0.3, 0.4) is 0 Å². The van der Waals surface area contributed by atoms with Gasteiger partial charge in [0.1, 0.15) is 0 Å². The zero-order valence-electron chi connectivity index (χ0n) is 18.5. The molecule has 1 N–H and O–H groups in total. The molecule has 0 saturated carbocycles. The first-order chi connectivity index (χ1) is 12.4. The van der Waals surface area contributed by atoms with E-state index < -0.39 is 0 Å². The van der Waals surface area contributed by atoms with Crippen LogP contribution in [0.5, 0.6) is 0 Å². The lowest BCUT2D eigenvalue weighted by molar-refractivity contribution is 0.0238. The minimum Gasteiger partial charge on any atom is -0.379 e. The Morgan fingerprint density at radius 2 is 0.962 bits per heavy atom. The number of ether oxygens (including phenoxy) is 1. The van der Waals surface area contributed by atoms with Gasteiger partial charge in [0, 0.05) is 57.4 Å². The van der Waals surface area contributed by atoms with Crippen molar-refractivity contribution in [1.29, 1.82) is 0 Å². The number of nitrogens with zero attached hydrogens (tertiary/aromatic N) is 3. The number of hydrogen-bond donors (Lipinski definition) is 1. The summed E-state index contributed by atoms with van der Waals surface area (Å²) in [4.78, 5) is 7.46. The van der Waals surface area contributed by atoms with Gasteiger partial charge in [-0.2, -0.15) is 0 Å². The lowest BCUT2D eigenvalue weighted by Gasteiger charge is -2.30. The highest BCUT2D eigenvalue weighted by molar-refractivity contribution is 4.70. The molecule has 3 saturated heterocycles. The van der Waals surface area contributed by atoms with Gasteiger partial charge < -0.3 is 15.0 Å². The maximum atomic E-state index is 5.21. The highest BCUT2D eigenvalue weighted by atomic mass is 16.5. The zero-order chi connectivity index (χ0) is 19.4. The second kappa shape index (κ2) is 13.9. The topological polar surface area (TPSA) is 31.0 Å². The molecule has 26 heavy (non-hydrogen) atoms. The molecule has 3 fully saturated rings. The Labute approximate surface area is 163 Å². The molecule has 0 aromatic rings. The molecule has 5 heteroatoms. The van der Waals surface area contributed by atoms with Gasteiger partial charge in [-0.1, -0.05) is 0 Å². The fourth-order valence-electron chi connectivity index (χ4n) is 3.55. The van der Waals surface area contributed by atoms with Crippen molar-refractivity contribution >= 4 is 0 Å². The summed E-state index contributed by atoms with van der Waals surface area (Å²) in [7, 11) is 0. The Balaban J connectivity index is 0.000000195. The summed E-state index contributed by atoms with van der Waals surface area (Å²) in [5, 5.41) is 3.33. The first-order valence-corrected chi connectivity index (χ1v) is 10.9. The molecule has 0 amide bonds. The predicted molar refractivity (Wildman–Crippen MR) is 113 cm³/mol. The van der Waals surface area contributed by atoms with Gasteiger partial charge in [-0.25, -0.2) is 0 Å². The van der Waals surface area contributed by atoms with E-state index in [1.165, 1.54) is 39.0 Å². The molecule has 0 spiro atoms. The van der Waals surface area contributed by atoms with E-state index in [1.807, 2.05) is 0 Å². The molecule has 0 aliphatic carbocycles. The van der Waals surface area contributed by atoms with Gasteiger partial charge in [0.25, 0.3) is 0 Å². The zero-order valence-corrected chi connectivity index (χ0v) is 18.5. The van der Waals surface area contributed by atoms with Crippen LogP contribution in [-0.2, 0) is 4.74 Å². The van der Waals surface area contributed by atoms with E-state index in [-0.39, 0.29) is 0 Å². The van der Waals surface area contributed by atoms with Gasteiger partial charge in [0.15, 0.2) is 0 Å². The van der Waals surface area contributed by atoms with Gasteiger partial charge in [0.05, 0.1) is 13.2 Å². The number of morpholine rings is 1. The molecule has 3 heterocycles. The first-order valence-electron chi connectivity index (χ1n) is 10.9. The third-order valence-corrected chi connectivity index (χ3v) is 5.53. The van der Waals surface area contributed by atoms with Crippen LogP contribution in [0.1, 0.15) is 54.4 Å². The highest BCUT2D eigenvalue weighted by Gasteiger charge is 2.13. The Hall–Kier alpha value is -0.200. The Bertz CT molecular complexity index is 296. The molecule has 0 atom stereocenters. The number of hydrogen-bond acceptors (Lipinski definition) is 5. The number of rotatable bonds is 3. The van der Waals surface area contributed by atoms with Crippen molar-refractivity contribution < 1.29 is 4.74 Å². The Morgan fingerprint density at radius 1 is 0.577 bits per heavy atom. The van der Waals surface area contributed by atoms with Crippen LogP contribution in [0.4, 0.5) is 0 Å². The van der Waals surface area contributed by atoms with E-state index in [9.17, 15) is 0 Å². The average molecular weight is 371 g/mol. The van der Waals surface area contributed by atoms with E-state index in [2.05, 4.69) is 61.6 Å². The molecular weight excluding hydrogens is 324 g/mol. The molecule has 0 aromatic heterocycles. The third kappa shape index (κ3) is 10.2. The van der Waals surface area contributed by atoms with Crippen molar-refractivity contribution in [3.05, 3.63) is 0 Å². The molecule has 3 rings (SSSR count). The van der Waals surface area contributed by atoms with Crippen molar-refractivity contribution in [2.45, 2.75) is 72.5 Å². The van der Waals surface area contributed by atoms with Crippen LogP contribution < -0.4 is 5.32 Å². The molecule has 0 radical (unpaired) electrons. The van der Waals surface area contributed by atoms with E-state index in [4.69, 9.17) is 4.74 Å². The summed E-state index contributed by atoms with van der Waals surface area (Å²) >= 11 is 0. The number of piperazine rings is 1.